The van der Waals surface area contributed by atoms with Gasteiger partial charge in [0.05, 0.1) is 12.6 Å². The second-order valence-electron chi connectivity index (χ2n) is 6.83. The number of aromatic nitrogens is 4. The van der Waals surface area contributed by atoms with Crippen LogP contribution in [0.2, 0.25) is 0 Å². The van der Waals surface area contributed by atoms with E-state index in [1.807, 2.05) is 0 Å². The van der Waals surface area contributed by atoms with Gasteiger partial charge in [0.1, 0.15) is 30.2 Å². The Morgan fingerprint density at radius 1 is 1.27 bits per heavy atom. The first-order valence-electron chi connectivity index (χ1n) is 8.03. The fraction of sp³-hybridized carbons (Fsp3) is 0.643. The van der Waals surface area contributed by atoms with Gasteiger partial charge in [0.2, 0.25) is 10.0 Å². The molecule has 0 aliphatic carbocycles. The maximum atomic E-state index is 11.4. The number of ether oxygens (including phenoxy) is 3. The Kier molecular flexibility index (Phi) is 3.93. The zero-order chi connectivity index (χ0) is 18.7. The van der Waals surface area contributed by atoms with E-state index < -0.39 is 40.4 Å². The molecule has 4 heterocycles. The largest absolute Gasteiger partial charge is 0.382 e. The molecule has 2 aliphatic heterocycles. The average Bonchev–Trinajstić information content (AvgIpc) is 3.16. The summed E-state index contributed by atoms with van der Waals surface area (Å²) >= 11 is 0. The number of imidazole rings is 1. The lowest BCUT2D eigenvalue weighted by Crippen LogP contribution is -2.39. The van der Waals surface area contributed by atoms with Gasteiger partial charge in [0.25, 0.3) is 0 Å². The highest BCUT2D eigenvalue weighted by Gasteiger charge is 2.56. The van der Waals surface area contributed by atoms with Gasteiger partial charge in [-0.05, 0) is 13.8 Å². The van der Waals surface area contributed by atoms with Crippen LogP contribution in [0.4, 0.5) is 5.82 Å². The Morgan fingerprint density at radius 3 is 2.73 bits per heavy atom. The number of nitrogens with zero attached hydrogens (tertiary/aromatic N) is 4. The van der Waals surface area contributed by atoms with Crippen LogP contribution in [0.3, 0.4) is 0 Å². The van der Waals surface area contributed by atoms with Crippen molar-refractivity contribution in [2.75, 3.05) is 18.5 Å². The molecule has 2 aromatic heterocycles. The third-order valence-corrected chi connectivity index (χ3v) is 5.02. The van der Waals surface area contributed by atoms with Gasteiger partial charge in [0, 0.05) is 6.54 Å². The Bertz CT molecular complexity index is 944. The van der Waals surface area contributed by atoms with Crippen LogP contribution in [-0.4, -0.2) is 64.8 Å². The van der Waals surface area contributed by atoms with E-state index in [4.69, 9.17) is 19.9 Å². The molecule has 0 bridgehead atoms. The third-order valence-electron chi connectivity index (χ3n) is 4.33. The van der Waals surface area contributed by atoms with E-state index in [9.17, 15) is 8.42 Å². The molecule has 4 atom stereocenters. The van der Waals surface area contributed by atoms with E-state index in [1.165, 1.54) is 6.33 Å². The molecule has 2 saturated heterocycles. The molecule has 0 radical (unpaired) electrons. The van der Waals surface area contributed by atoms with Crippen LogP contribution < -0.4 is 10.5 Å². The number of nitrogen functional groups attached to an aromatic ring is 1. The van der Waals surface area contributed by atoms with Gasteiger partial charge in [-0.25, -0.2) is 28.1 Å². The molecule has 3 N–H and O–H groups in total. The smallest absolute Gasteiger partial charge is 0.208 e. The first-order valence-corrected chi connectivity index (χ1v) is 9.92. The standard InChI is InChI=1S/C14H20N6O5S/c1-14(2)24-9-7(4-19-26(3,21)22)23-13(10(9)25-14)20-6-18-8-11(15)16-5-17-12(8)20/h5-7,9-10,13,19H,4H2,1-3H3,(H2,15,16,17)/t7-,9-,10+,13-/m0/s1. The van der Waals surface area contributed by atoms with Crippen molar-refractivity contribution in [3.8, 4) is 0 Å². The SMILES string of the molecule is CC1(C)O[C@@H]2[C@@H](O1)[C@@H](n1cnc3c(N)ncnc31)O[C@H]2CNS(C)(=O)=O. The summed E-state index contributed by atoms with van der Waals surface area (Å²) < 4.78 is 45.1. The summed E-state index contributed by atoms with van der Waals surface area (Å²) in [5, 5.41) is 0. The highest BCUT2D eigenvalue weighted by molar-refractivity contribution is 7.88. The fourth-order valence-electron chi connectivity index (χ4n) is 3.34. The maximum Gasteiger partial charge on any atom is 0.208 e. The topological polar surface area (TPSA) is 143 Å². The second kappa shape index (κ2) is 5.82. The molecule has 142 valence electrons. The minimum atomic E-state index is -3.36. The average molecular weight is 384 g/mol. The van der Waals surface area contributed by atoms with Crippen molar-refractivity contribution in [1.82, 2.24) is 24.2 Å². The minimum Gasteiger partial charge on any atom is -0.382 e. The van der Waals surface area contributed by atoms with Crippen molar-refractivity contribution >= 4 is 27.0 Å². The molecule has 0 aromatic carbocycles. The van der Waals surface area contributed by atoms with E-state index in [2.05, 4.69) is 19.7 Å². The van der Waals surface area contributed by atoms with Crippen LogP contribution in [0.5, 0.6) is 0 Å². The van der Waals surface area contributed by atoms with Gasteiger partial charge < -0.3 is 19.9 Å². The van der Waals surface area contributed by atoms with Gasteiger partial charge in [-0.15, -0.1) is 0 Å². The molecule has 2 fully saturated rings. The summed E-state index contributed by atoms with van der Waals surface area (Å²) in [6, 6.07) is 0. The second-order valence-corrected chi connectivity index (χ2v) is 8.67. The number of sulfonamides is 1. The molecular weight excluding hydrogens is 364 g/mol. The number of anilines is 1. The molecule has 0 amide bonds. The number of fused-ring (bicyclic) bond motifs is 2. The monoisotopic (exact) mass is 384 g/mol. The highest BCUT2D eigenvalue weighted by Crippen LogP contribution is 2.43. The molecule has 26 heavy (non-hydrogen) atoms. The number of rotatable bonds is 4. The Hall–Kier alpha value is -1.86. The molecular formula is C14H20N6O5S. The summed E-state index contributed by atoms with van der Waals surface area (Å²) in [7, 11) is -3.36. The highest BCUT2D eigenvalue weighted by atomic mass is 32.2. The zero-order valence-electron chi connectivity index (χ0n) is 14.5. The van der Waals surface area contributed by atoms with E-state index in [1.54, 1.807) is 24.7 Å². The van der Waals surface area contributed by atoms with Gasteiger partial charge >= 0.3 is 0 Å². The van der Waals surface area contributed by atoms with Gasteiger partial charge in [-0.1, -0.05) is 0 Å². The van der Waals surface area contributed by atoms with E-state index >= 15 is 0 Å². The number of hydrogen-bond donors (Lipinski definition) is 2. The quantitative estimate of drug-likeness (QED) is 0.704. The molecule has 0 spiro atoms. The van der Waals surface area contributed by atoms with E-state index in [0.717, 1.165) is 6.26 Å². The van der Waals surface area contributed by atoms with Crippen LogP contribution >= 0.6 is 0 Å². The summed E-state index contributed by atoms with van der Waals surface area (Å²) in [6.07, 6.45) is 1.98. The van der Waals surface area contributed by atoms with Crippen molar-refractivity contribution in [2.45, 2.75) is 44.2 Å². The first-order chi connectivity index (χ1) is 12.1. The van der Waals surface area contributed by atoms with Crippen molar-refractivity contribution in [2.24, 2.45) is 0 Å². The fourth-order valence-corrected chi connectivity index (χ4v) is 3.80. The van der Waals surface area contributed by atoms with Gasteiger partial charge in [-0.2, -0.15) is 0 Å². The van der Waals surface area contributed by atoms with Crippen LogP contribution in [0, 0.1) is 0 Å². The molecule has 0 unspecified atom stereocenters. The van der Waals surface area contributed by atoms with E-state index in [0.29, 0.717) is 11.2 Å². The van der Waals surface area contributed by atoms with Crippen LogP contribution in [0.1, 0.15) is 20.1 Å². The zero-order valence-corrected chi connectivity index (χ0v) is 15.3. The normalized spacial score (nSPS) is 30.7. The Balaban J connectivity index is 1.68. The number of hydrogen-bond acceptors (Lipinski definition) is 9. The lowest BCUT2D eigenvalue weighted by atomic mass is 10.1. The summed E-state index contributed by atoms with van der Waals surface area (Å²) in [4.78, 5) is 12.4. The van der Waals surface area contributed by atoms with E-state index in [-0.39, 0.29) is 12.4 Å². The minimum absolute atomic E-state index is 0.0691. The van der Waals surface area contributed by atoms with Crippen LogP contribution in [0.15, 0.2) is 12.7 Å². The van der Waals surface area contributed by atoms with Crippen molar-refractivity contribution in [3.63, 3.8) is 0 Å². The lowest BCUT2D eigenvalue weighted by Gasteiger charge is -2.24. The lowest BCUT2D eigenvalue weighted by molar-refractivity contribution is -0.195. The molecule has 2 aromatic rings. The Labute approximate surface area is 149 Å². The van der Waals surface area contributed by atoms with Crippen LogP contribution in [-0.2, 0) is 24.2 Å². The molecule has 12 heteroatoms. The predicted molar refractivity (Wildman–Crippen MR) is 90.3 cm³/mol. The first kappa shape index (κ1) is 17.5. The maximum absolute atomic E-state index is 11.4. The third kappa shape index (κ3) is 3.03. The van der Waals surface area contributed by atoms with Crippen LogP contribution in [0.25, 0.3) is 11.2 Å². The Morgan fingerprint density at radius 2 is 2.00 bits per heavy atom. The molecule has 4 rings (SSSR count). The van der Waals surface area contributed by atoms with Gasteiger partial charge in [0.15, 0.2) is 23.5 Å². The number of nitrogens with one attached hydrogen (secondary N) is 1. The molecule has 0 saturated carbocycles. The van der Waals surface area contributed by atoms with Crippen molar-refractivity contribution in [1.29, 1.82) is 0 Å². The molecule has 11 nitrogen and oxygen atoms in total. The van der Waals surface area contributed by atoms with Crippen molar-refractivity contribution < 1.29 is 22.6 Å². The number of nitrogens with two attached hydrogens (primary N) is 1. The summed E-state index contributed by atoms with van der Waals surface area (Å²) in [5.41, 5.74) is 6.81. The summed E-state index contributed by atoms with van der Waals surface area (Å²) in [6.45, 7) is 3.67. The van der Waals surface area contributed by atoms with Crippen molar-refractivity contribution in [3.05, 3.63) is 12.7 Å². The van der Waals surface area contributed by atoms with Gasteiger partial charge in [-0.3, -0.25) is 4.57 Å². The summed E-state index contributed by atoms with van der Waals surface area (Å²) in [5.74, 6) is -0.548. The predicted octanol–water partition coefficient (Wildman–Crippen LogP) is -0.625. The molecule has 2 aliphatic rings.